The van der Waals surface area contributed by atoms with Crippen molar-refractivity contribution in [1.29, 1.82) is 0 Å². The van der Waals surface area contributed by atoms with E-state index in [0.717, 1.165) is 18.4 Å². The molecule has 0 heterocycles. The van der Waals surface area contributed by atoms with E-state index >= 15 is 0 Å². The zero-order valence-electron chi connectivity index (χ0n) is 9.13. The van der Waals surface area contributed by atoms with E-state index in [0.29, 0.717) is 12.0 Å². The van der Waals surface area contributed by atoms with Crippen molar-refractivity contribution >= 4 is 0 Å². The van der Waals surface area contributed by atoms with Gasteiger partial charge in [-0.2, -0.15) is 0 Å². The normalized spacial score (nSPS) is 17.4. The fourth-order valence-electron chi connectivity index (χ4n) is 2.06. The highest BCUT2D eigenvalue weighted by molar-refractivity contribution is 5.33. The molecule has 0 fully saturated rings. The Morgan fingerprint density at radius 1 is 1.31 bits per heavy atom. The zero-order chi connectivity index (χ0) is 11.7. The van der Waals surface area contributed by atoms with Gasteiger partial charge in [-0.15, -0.1) is 0 Å². The Kier molecular flexibility index (Phi) is 3.06. The summed E-state index contributed by atoms with van der Waals surface area (Å²) in [6, 6.07) is 2.58. The van der Waals surface area contributed by atoms with Crippen molar-refractivity contribution in [3.63, 3.8) is 0 Å². The highest BCUT2D eigenvalue weighted by atomic mass is 19.1. The topological polar surface area (TPSA) is 20.2 Å². The maximum Gasteiger partial charge on any atom is 0.135 e. The third kappa shape index (κ3) is 1.87. The number of allylic oxidation sites excluding steroid dienone is 1. The first-order valence-electron chi connectivity index (χ1n) is 5.42. The number of rotatable bonds is 2. The molecule has 0 bridgehead atoms. The number of hydrogen-bond acceptors (Lipinski definition) is 1. The second-order valence-electron chi connectivity index (χ2n) is 4.17. The quantitative estimate of drug-likeness (QED) is 0.763. The van der Waals surface area contributed by atoms with Crippen LogP contribution in [0.25, 0.3) is 0 Å². The summed E-state index contributed by atoms with van der Waals surface area (Å²) in [6.45, 7) is 1.56. The van der Waals surface area contributed by atoms with Gasteiger partial charge in [-0.3, -0.25) is 0 Å². The van der Waals surface area contributed by atoms with Gasteiger partial charge >= 0.3 is 0 Å². The Morgan fingerprint density at radius 3 is 2.69 bits per heavy atom. The van der Waals surface area contributed by atoms with E-state index in [1.807, 2.05) is 6.08 Å². The predicted octanol–water partition coefficient (Wildman–Crippen LogP) is 3.42. The predicted molar refractivity (Wildman–Crippen MR) is 58.0 cm³/mol. The van der Waals surface area contributed by atoms with E-state index in [1.165, 1.54) is 12.1 Å². The molecule has 0 aliphatic heterocycles. The summed E-state index contributed by atoms with van der Waals surface area (Å²) in [5, 5.41) is 9.96. The molecule has 0 amide bonds. The Morgan fingerprint density at radius 2 is 2.06 bits per heavy atom. The molecule has 1 aliphatic rings. The van der Waals surface area contributed by atoms with Crippen molar-refractivity contribution < 1.29 is 13.9 Å². The maximum absolute atomic E-state index is 13.7. The maximum atomic E-state index is 13.7. The lowest BCUT2D eigenvalue weighted by atomic mass is 9.98. The van der Waals surface area contributed by atoms with Crippen LogP contribution in [0.2, 0.25) is 0 Å². The van der Waals surface area contributed by atoms with E-state index in [2.05, 4.69) is 0 Å². The average Bonchev–Trinajstić information content (AvgIpc) is 2.77. The van der Waals surface area contributed by atoms with Crippen LogP contribution in [0.15, 0.2) is 23.8 Å². The van der Waals surface area contributed by atoms with Crippen molar-refractivity contribution in [2.24, 2.45) is 0 Å². The lowest BCUT2D eigenvalue weighted by Gasteiger charge is -2.15. The molecule has 0 spiro atoms. The monoisotopic (exact) mass is 224 g/mol. The van der Waals surface area contributed by atoms with E-state index in [1.54, 1.807) is 6.92 Å². The van der Waals surface area contributed by atoms with Crippen LogP contribution < -0.4 is 0 Å². The summed E-state index contributed by atoms with van der Waals surface area (Å²) in [6.07, 6.45) is 3.27. The molecular weight excluding hydrogens is 210 g/mol. The first-order valence-corrected chi connectivity index (χ1v) is 5.42. The van der Waals surface area contributed by atoms with Gasteiger partial charge in [0.15, 0.2) is 0 Å². The number of benzene rings is 1. The van der Waals surface area contributed by atoms with Crippen LogP contribution in [-0.2, 0) is 0 Å². The number of aliphatic hydroxyl groups excluding tert-OH is 1. The molecule has 1 aliphatic carbocycles. The van der Waals surface area contributed by atoms with Gasteiger partial charge in [-0.25, -0.2) is 8.78 Å². The van der Waals surface area contributed by atoms with Gasteiger partial charge in [-0.05, 0) is 43.4 Å². The summed E-state index contributed by atoms with van der Waals surface area (Å²) in [4.78, 5) is 0. The summed E-state index contributed by atoms with van der Waals surface area (Å²) in [5.41, 5.74) is 0.866. The molecule has 0 radical (unpaired) electrons. The third-order valence-electron chi connectivity index (χ3n) is 3.02. The lowest BCUT2D eigenvalue weighted by molar-refractivity contribution is 0.201. The standard InChI is InChI=1S/C13H14F2O/c1-8-6-7-10(14)11(12(8)15)13(16)9-4-2-3-5-9/h4,6-7,13,16H,2-3,5H2,1H3. The number of hydrogen-bond donors (Lipinski definition) is 1. The fourth-order valence-corrected chi connectivity index (χ4v) is 2.06. The average molecular weight is 224 g/mol. The van der Waals surface area contributed by atoms with Crippen LogP contribution in [0.3, 0.4) is 0 Å². The molecule has 1 N–H and O–H groups in total. The second-order valence-corrected chi connectivity index (χ2v) is 4.17. The number of aryl methyl sites for hydroxylation is 1. The number of aliphatic hydroxyl groups is 1. The van der Waals surface area contributed by atoms with Gasteiger partial charge < -0.3 is 5.11 Å². The molecule has 2 rings (SSSR count). The van der Waals surface area contributed by atoms with Gasteiger partial charge in [0.25, 0.3) is 0 Å². The second kappa shape index (κ2) is 4.34. The Hall–Kier alpha value is -1.22. The van der Waals surface area contributed by atoms with Crippen molar-refractivity contribution in [3.8, 4) is 0 Å². The highest BCUT2D eigenvalue weighted by Gasteiger charge is 2.23. The largest absolute Gasteiger partial charge is 0.384 e. The molecule has 0 saturated carbocycles. The first-order chi connectivity index (χ1) is 7.61. The van der Waals surface area contributed by atoms with Gasteiger partial charge in [-0.1, -0.05) is 12.1 Å². The molecule has 1 aromatic carbocycles. The molecule has 0 aromatic heterocycles. The number of halogens is 2. The van der Waals surface area contributed by atoms with Crippen LogP contribution in [-0.4, -0.2) is 5.11 Å². The summed E-state index contributed by atoms with van der Waals surface area (Å²) in [7, 11) is 0. The molecule has 1 unspecified atom stereocenters. The van der Waals surface area contributed by atoms with Crippen LogP contribution in [0.4, 0.5) is 8.78 Å². The molecule has 3 heteroatoms. The Balaban J connectivity index is 2.42. The molecule has 1 nitrogen and oxygen atoms in total. The van der Waals surface area contributed by atoms with Gasteiger partial charge in [0.1, 0.15) is 17.7 Å². The van der Waals surface area contributed by atoms with E-state index in [4.69, 9.17) is 0 Å². The van der Waals surface area contributed by atoms with Crippen molar-refractivity contribution in [1.82, 2.24) is 0 Å². The molecule has 1 atom stereocenters. The van der Waals surface area contributed by atoms with Crippen LogP contribution in [0.5, 0.6) is 0 Å². The van der Waals surface area contributed by atoms with Crippen LogP contribution in [0.1, 0.15) is 36.5 Å². The van der Waals surface area contributed by atoms with Gasteiger partial charge in [0, 0.05) is 0 Å². The SMILES string of the molecule is Cc1ccc(F)c(C(O)C2=CCCC2)c1F. The zero-order valence-corrected chi connectivity index (χ0v) is 9.13. The van der Waals surface area contributed by atoms with Gasteiger partial charge in [0.2, 0.25) is 0 Å². The molecule has 86 valence electrons. The fraction of sp³-hybridized carbons (Fsp3) is 0.385. The third-order valence-corrected chi connectivity index (χ3v) is 3.02. The molecule has 1 aromatic rings. The summed E-state index contributed by atoms with van der Waals surface area (Å²) >= 11 is 0. The molecular formula is C13H14F2O. The lowest BCUT2D eigenvalue weighted by Crippen LogP contribution is -2.07. The van der Waals surface area contributed by atoms with Crippen molar-refractivity contribution in [2.45, 2.75) is 32.3 Å². The summed E-state index contributed by atoms with van der Waals surface area (Å²) < 4.78 is 27.2. The molecule has 0 saturated heterocycles. The smallest absolute Gasteiger partial charge is 0.135 e. The van der Waals surface area contributed by atoms with Crippen molar-refractivity contribution in [3.05, 3.63) is 46.5 Å². The highest BCUT2D eigenvalue weighted by Crippen LogP contribution is 2.33. The van der Waals surface area contributed by atoms with Crippen molar-refractivity contribution in [2.75, 3.05) is 0 Å². The van der Waals surface area contributed by atoms with E-state index < -0.39 is 17.7 Å². The van der Waals surface area contributed by atoms with E-state index in [-0.39, 0.29) is 5.56 Å². The molecule has 16 heavy (non-hydrogen) atoms. The minimum absolute atomic E-state index is 0.215. The minimum atomic E-state index is -1.14. The Labute approximate surface area is 93.4 Å². The first kappa shape index (κ1) is 11.3. The Bertz CT molecular complexity index is 438. The summed E-state index contributed by atoms with van der Waals surface area (Å²) in [5.74, 6) is -1.32. The van der Waals surface area contributed by atoms with Gasteiger partial charge in [0.05, 0.1) is 5.56 Å². The van der Waals surface area contributed by atoms with E-state index in [9.17, 15) is 13.9 Å². The van der Waals surface area contributed by atoms with Crippen LogP contribution >= 0.6 is 0 Å². The minimum Gasteiger partial charge on any atom is -0.384 e. The van der Waals surface area contributed by atoms with Crippen LogP contribution in [0, 0.1) is 18.6 Å².